The van der Waals surface area contributed by atoms with Crippen molar-refractivity contribution in [3.63, 3.8) is 0 Å². The second kappa shape index (κ2) is 36.4. The van der Waals surface area contributed by atoms with E-state index in [4.69, 9.17) is 9.47 Å². The number of ether oxygens (including phenoxy) is 2. The minimum absolute atomic E-state index is 0.875. The summed E-state index contributed by atoms with van der Waals surface area (Å²) in [5.41, 5.74) is 19.5. The predicted octanol–water partition coefficient (Wildman–Crippen LogP) is 26.0. The van der Waals surface area contributed by atoms with Crippen LogP contribution in [0, 0.1) is 27.7 Å². The molecule has 0 saturated heterocycles. The van der Waals surface area contributed by atoms with Crippen LogP contribution in [-0.4, -0.2) is 56.5 Å². The van der Waals surface area contributed by atoms with Crippen LogP contribution in [-0.2, 0) is 0 Å². The fourth-order valence-corrected chi connectivity index (χ4v) is 12.8. The average Bonchev–Trinajstić information content (AvgIpc) is 0.718. The van der Waals surface area contributed by atoms with Crippen molar-refractivity contribution < 1.29 is 9.47 Å². The van der Waals surface area contributed by atoms with Crippen LogP contribution in [0.5, 0.6) is 11.5 Å². The molecule has 0 N–H and O–H groups in total. The van der Waals surface area contributed by atoms with Gasteiger partial charge >= 0.3 is 0 Å². The predicted molar refractivity (Wildman–Crippen MR) is 459 cm³/mol. The summed E-state index contributed by atoms with van der Waals surface area (Å²) in [7, 11) is 15.9. The number of fused-ring (bicyclic) bond motifs is 2. The van der Waals surface area contributed by atoms with E-state index >= 15 is 0 Å². The number of nitrogens with zero attached hydrogens (tertiary/aromatic N) is 6. The van der Waals surface area contributed by atoms with Gasteiger partial charge in [-0.3, -0.25) is 0 Å². The maximum atomic E-state index is 5.21. The zero-order chi connectivity index (χ0) is 74.3. The Bertz CT molecular complexity index is 5220. The normalized spacial score (nSPS) is 10.5. The van der Waals surface area contributed by atoms with Crippen molar-refractivity contribution in [3.05, 3.63) is 386 Å². The Kier molecular flexibility index (Phi) is 25.5. The van der Waals surface area contributed by atoms with Gasteiger partial charge in [0.25, 0.3) is 0 Å². The van der Waals surface area contributed by atoms with Crippen LogP contribution in [0.2, 0.25) is 0 Å². The van der Waals surface area contributed by atoms with Crippen LogP contribution in [0.4, 0.5) is 68.2 Å². The summed E-state index contributed by atoms with van der Waals surface area (Å²) in [6, 6.07) is 127. The summed E-state index contributed by atoms with van der Waals surface area (Å²) >= 11 is 0. The standard InChI is InChI=1S/C27H19N.C15H17N.2C14H15NO.2C14H15N/c1-28(19-10-3-2-4-11-19)25-17-16-23-21-13-6-9-18-8-5-12-20(26(18)21)22-14-7-15-24(25)27(22)23;1-12-4-8-14(9-5-12)16(3)15-10-6-13(2)7-11-15;1-15(12-7-4-3-5-8-12)13-9-6-10-14(11-13)16-2;1-15(12-6-4-3-5-7-12)13-8-10-14(16-2)11-9-13;1-12-7-6-10-14(11-12)15(2)13-8-4-3-5-9-13;1-12-8-10-14(11-9-12)15(2)13-6-4-3-5-7-13/h2-17H,1H3;4-11H,1-3H3;2*3-11H,1-2H3;2*3-11H,1-2H3. The maximum absolute atomic E-state index is 5.21. The van der Waals surface area contributed by atoms with Crippen molar-refractivity contribution in [3.8, 4) is 11.5 Å². The van der Waals surface area contributed by atoms with E-state index in [1.165, 1.54) is 117 Å². The molecule has 16 aromatic rings. The molecule has 16 aromatic carbocycles. The third kappa shape index (κ3) is 18.9. The molecule has 0 spiro atoms. The summed E-state index contributed by atoms with van der Waals surface area (Å²) in [6.45, 7) is 8.43. The quantitative estimate of drug-likeness (QED) is 0.0788. The molecule has 0 aliphatic rings. The fraction of sp³-hybridized carbons (Fsp3) is 0.122. The Balaban J connectivity index is 0.000000130. The molecule has 106 heavy (non-hydrogen) atoms. The highest BCUT2D eigenvalue weighted by Gasteiger charge is 2.17. The van der Waals surface area contributed by atoms with E-state index in [0.717, 1.165) is 28.6 Å². The van der Waals surface area contributed by atoms with Crippen molar-refractivity contribution in [1.82, 2.24) is 0 Å². The molecule has 0 saturated carbocycles. The molecule has 0 fully saturated rings. The summed E-state index contributed by atoms with van der Waals surface area (Å²) in [5, 5.41) is 10.7. The van der Waals surface area contributed by atoms with Gasteiger partial charge in [-0.25, -0.2) is 0 Å². The molecule has 0 bridgehead atoms. The van der Waals surface area contributed by atoms with Crippen LogP contribution >= 0.6 is 0 Å². The largest absolute Gasteiger partial charge is 0.497 e. The number of para-hydroxylation sites is 5. The molecular formula is C98H96N6O2. The van der Waals surface area contributed by atoms with E-state index < -0.39 is 0 Å². The first-order valence-corrected chi connectivity index (χ1v) is 36.0. The summed E-state index contributed by atoms with van der Waals surface area (Å²) < 4.78 is 10.4. The van der Waals surface area contributed by atoms with Gasteiger partial charge in [0.15, 0.2) is 0 Å². The van der Waals surface area contributed by atoms with Gasteiger partial charge < -0.3 is 38.9 Å². The van der Waals surface area contributed by atoms with E-state index in [1.807, 2.05) is 98.0 Å². The second-order valence-electron chi connectivity index (χ2n) is 26.3. The Morgan fingerprint density at radius 2 is 0.472 bits per heavy atom. The highest BCUT2D eigenvalue weighted by molar-refractivity contribution is 6.34. The lowest BCUT2D eigenvalue weighted by atomic mass is 9.89. The first-order valence-electron chi connectivity index (χ1n) is 36.0. The molecule has 0 atom stereocenters. The topological polar surface area (TPSA) is 37.9 Å². The maximum Gasteiger partial charge on any atom is 0.120 e. The number of rotatable bonds is 14. The summed E-state index contributed by atoms with van der Waals surface area (Å²) in [5.74, 6) is 1.76. The van der Waals surface area contributed by atoms with Crippen molar-refractivity contribution in [2.24, 2.45) is 0 Å². The fourth-order valence-electron chi connectivity index (χ4n) is 12.8. The van der Waals surface area contributed by atoms with E-state index in [2.05, 4.69) is 365 Å². The third-order valence-electron chi connectivity index (χ3n) is 19.1. The first-order chi connectivity index (χ1) is 51.7. The van der Waals surface area contributed by atoms with Gasteiger partial charge in [0.2, 0.25) is 0 Å². The van der Waals surface area contributed by atoms with E-state index in [9.17, 15) is 0 Å². The van der Waals surface area contributed by atoms with Crippen LogP contribution in [0.15, 0.2) is 364 Å². The zero-order valence-corrected chi connectivity index (χ0v) is 63.1. The van der Waals surface area contributed by atoms with Crippen LogP contribution < -0.4 is 38.9 Å². The Hall–Kier alpha value is -12.8. The van der Waals surface area contributed by atoms with Gasteiger partial charge in [-0.1, -0.05) is 223 Å². The number of hydrogen-bond donors (Lipinski definition) is 0. The van der Waals surface area contributed by atoms with Gasteiger partial charge in [-0.05, 0) is 223 Å². The van der Waals surface area contributed by atoms with Gasteiger partial charge in [-0.15, -0.1) is 0 Å². The van der Waals surface area contributed by atoms with Crippen LogP contribution in [0.25, 0.3) is 43.1 Å². The Morgan fingerprint density at radius 1 is 0.189 bits per heavy atom. The minimum Gasteiger partial charge on any atom is -0.497 e. The molecule has 16 rings (SSSR count). The van der Waals surface area contributed by atoms with Gasteiger partial charge in [0.1, 0.15) is 11.5 Å². The second-order valence-corrected chi connectivity index (χ2v) is 26.3. The molecule has 8 heteroatoms. The van der Waals surface area contributed by atoms with Crippen molar-refractivity contribution in [1.29, 1.82) is 0 Å². The lowest BCUT2D eigenvalue weighted by Crippen LogP contribution is -2.09. The molecule has 0 unspecified atom stereocenters. The summed E-state index contributed by atoms with van der Waals surface area (Å²) in [6.07, 6.45) is 0. The Labute approximate surface area is 628 Å². The average molecular weight is 1390 g/mol. The Morgan fingerprint density at radius 3 is 0.849 bits per heavy atom. The first kappa shape index (κ1) is 74.4. The van der Waals surface area contributed by atoms with Gasteiger partial charge in [-0.2, -0.15) is 0 Å². The van der Waals surface area contributed by atoms with Crippen LogP contribution in [0.1, 0.15) is 22.3 Å². The molecule has 0 radical (unpaired) electrons. The van der Waals surface area contributed by atoms with Crippen molar-refractivity contribution >= 4 is 111 Å². The van der Waals surface area contributed by atoms with Crippen molar-refractivity contribution in [2.75, 3.05) is 85.9 Å². The van der Waals surface area contributed by atoms with Crippen LogP contribution in [0.3, 0.4) is 0 Å². The number of anilines is 12. The van der Waals surface area contributed by atoms with E-state index in [1.54, 1.807) is 14.2 Å². The molecule has 0 aromatic heterocycles. The molecular weight excluding hydrogens is 1290 g/mol. The summed E-state index contributed by atoms with van der Waals surface area (Å²) in [4.78, 5) is 13.1. The number of hydrogen-bond acceptors (Lipinski definition) is 8. The number of aryl methyl sites for hydroxylation is 4. The van der Waals surface area contributed by atoms with Gasteiger partial charge in [0, 0.05) is 122 Å². The minimum atomic E-state index is 0.875. The smallest absolute Gasteiger partial charge is 0.120 e. The number of methoxy groups -OCH3 is 2. The third-order valence-corrected chi connectivity index (χ3v) is 19.1. The molecule has 8 nitrogen and oxygen atoms in total. The highest BCUT2D eigenvalue weighted by Crippen LogP contribution is 2.44. The van der Waals surface area contributed by atoms with E-state index in [0.29, 0.717) is 0 Å². The molecule has 0 amide bonds. The van der Waals surface area contributed by atoms with E-state index in [-0.39, 0.29) is 0 Å². The monoisotopic (exact) mass is 1390 g/mol. The zero-order valence-electron chi connectivity index (χ0n) is 63.1. The SMILES string of the molecule is CN(c1ccccc1)c1ccc2c3cccc4cccc(c5cccc1c52)c43.COc1ccc(N(C)c2ccccc2)cc1.COc1cccc(N(C)c2ccccc2)c1.Cc1ccc(N(C)c2ccc(C)cc2)cc1.Cc1ccc(N(C)c2ccccc2)cc1.Cc1cccc(N(C)c2ccccc2)c1. The number of benzene rings is 16. The molecule has 0 aliphatic carbocycles. The molecule has 0 heterocycles. The lowest BCUT2D eigenvalue weighted by Gasteiger charge is -2.23. The highest BCUT2D eigenvalue weighted by atomic mass is 16.5. The van der Waals surface area contributed by atoms with Gasteiger partial charge in [0.05, 0.1) is 14.2 Å². The lowest BCUT2D eigenvalue weighted by molar-refractivity contribution is 0.415. The van der Waals surface area contributed by atoms with Crippen molar-refractivity contribution in [2.45, 2.75) is 27.7 Å². The molecule has 0 aliphatic heterocycles. The molecule has 530 valence electrons.